The lowest BCUT2D eigenvalue weighted by Crippen LogP contribution is -2.25. The normalized spacial score (nSPS) is 11.8. The highest BCUT2D eigenvalue weighted by Crippen LogP contribution is 2.31. The summed E-state index contributed by atoms with van der Waals surface area (Å²) in [6.07, 6.45) is 1.29. The smallest absolute Gasteiger partial charge is 0.295 e. The first kappa shape index (κ1) is 17.1. The summed E-state index contributed by atoms with van der Waals surface area (Å²) < 4.78 is 35.5. The minimum atomic E-state index is -4.55. The predicted molar refractivity (Wildman–Crippen MR) is 92.2 cm³/mol. The Kier molecular flexibility index (Phi) is 3.85. The molecule has 0 radical (unpaired) electrons. The molecule has 0 bridgehead atoms. The van der Waals surface area contributed by atoms with Crippen LogP contribution in [-0.2, 0) is 24.2 Å². The summed E-state index contributed by atoms with van der Waals surface area (Å²) in [5.41, 5.74) is 0.146. The van der Waals surface area contributed by atoms with Gasteiger partial charge in [-0.2, -0.15) is 8.42 Å². The molecule has 25 heavy (non-hydrogen) atoms. The molecule has 0 saturated heterocycles. The average molecular weight is 361 g/mol. The molecule has 0 aliphatic heterocycles. The van der Waals surface area contributed by atoms with Gasteiger partial charge in [0.15, 0.2) is 0 Å². The van der Waals surface area contributed by atoms with Gasteiger partial charge in [-0.05, 0) is 13.0 Å². The molecule has 9 heteroatoms. The largest absolute Gasteiger partial charge is 0.302 e. The highest BCUT2D eigenvalue weighted by molar-refractivity contribution is 7.86. The maximum Gasteiger partial charge on any atom is 0.295 e. The minimum Gasteiger partial charge on any atom is -0.302 e. The Morgan fingerprint density at radius 2 is 1.76 bits per heavy atom. The molecule has 2 aromatic heterocycles. The lowest BCUT2D eigenvalue weighted by atomic mass is 10.0. The summed E-state index contributed by atoms with van der Waals surface area (Å²) in [5, 5.41) is 0.0996. The average Bonchev–Trinajstić information content (AvgIpc) is 2.52. The molecule has 0 unspecified atom stereocenters. The van der Waals surface area contributed by atoms with Gasteiger partial charge in [0.05, 0.1) is 11.7 Å². The van der Waals surface area contributed by atoms with E-state index < -0.39 is 21.2 Å². The summed E-state index contributed by atoms with van der Waals surface area (Å²) in [6.45, 7) is 1.73. The molecule has 8 nitrogen and oxygen atoms in total. The molecule has 0 aliphatic carbocycles. The van der Waals surface area contributed by atoms with Gasteiger partial charge in [-0.25, -0.2) is 4.98 Å². The van der Waals surface area contributed by atoms with Crippen molar-refractivity contribution in [2.24, 2.45) is 14.1 Å². The SMILES string of the molecule is Cc1ccc(S(=O)(=O)O)c(-c2cc(=O)n(C)c3ncn(C)c(=O)c23)c1. The van der Waals surface area contributed by atoms with Crippen LogP contribution in [0, 0.1) is 6.92 Å². The van der Waals surface area contributed by atoms with Gasteiger partial charge in [0.25, 0.3) is 21.2 Å². The summed E-state index contributed by atoms with van der Waals surface area (Å²) in [6, 6.07) is 5.44. The van der Waals surface area contributed by atoms with Crippen LogP contribution in [-0.4, -0.2) is 27.1 Å². The topological polar surface area (TPSA) is 111 Å². The zero-order valence-electron chi connectivity index (χ0n) is 13.7. The van der Waals surface area contributed by atoms with Crippen LogP contribution < -0.4 is 11.1 Å². The van der Waals surface area contributed by atoms with Crippen LogP contribution in [0.4, 0.5) is 0 Å². The zero-order chi connectivity index (χ0) is 18.5. The highest BCUT2D eigenvalue weighted by Gasteiger charge is 2.21. The fraction of sp³-hybridized carbons (Fsp3) is 0.188. The molecule has 2 heterocycles. The Morgan fingerprint density at radius 1 is 1.08 bits per heavy atom. The van der Waals surface area contributed by atoms with Crippen LogP contribution >= 0.6 is 0 Å². The van der Waals surface area contributed by atoms with Crippen LogP contribution in [0.3, 0.4) is 0 Å². The first-order valence-corrected chi connectivity index (χ1v) is 8.69. The monoisotopic (exact) mass is 361 g/mol. The zero-order valence-corrected chi connectivity index (χ0v) is 14.5. The molecule has 3 rings (SSSR count). The number of aromatic nitrogens is 3. The van der Waals surface area contributed by atoms with E-state index in [0.29, 0.717) is 5.56 Å². The van der Waals surface area contributed by atoms with Crippen molar-refractivity contribution in [3.8, 4) is 11.1 Å². The second-order valence-electron chi connectivity index (χ2n) is 5.79. The van der Waals surface area contributed by atoms with E-state index in [-0.39, 0.29) is 27.1 Å². The van der Waals surface area contributed by atoms with Crippen molar-refractivity contribution >= 4 is 21.2 Å². The van der Waals surface area contributed by atoms with E-state index in [1.54, 1.807) is 6.92 Å². The molecular weight excluding hydrogens is 346 g/mol. The van der Waals surface area contributed by atoms with E-state index in [1.165, 1.54) is 53.8 Å². The van der Waals surface area contributed by atoms with E-state index >= 15 is 0 Å². The summed E-state index contributed by atoms with van der Waals surface area (Å²) in [5.74, 6) is 0. The lowest BCUT2D eigenvalue weighted by Gasteiger charge is -2.13. The fourth-order valence-electron chi connectivity index (χ4n) is 2.71. The molecule has 0 aliphatic rings. The van der Waals surface area contributed by atoms with Crippen molar-refractivity contribution in [1.29, 1.82) is 0 Å². The van der Waals surface area contributed by atoms with Crippen LogP contribution in [0.1, 0.15) is 5.56 Å². The molecule has 0 spiro atoms. The Hall–Kier alpha value is -2.78. The van der Waals surface area contributed by atoms with E-state index in [1.807, 2.05) is 0 Å². The van der Waals surface area contributed by atoms with Crippen LogP contribution in [0.5, 0.6) is 0 Å². The van der Waals surface area contributed by atoms with Gasteiger partial charge in [-0.3, -0.25) is 18.7 Å². The van der Waals surface area contributed by atoms with Crippen molar-refractivity contribution < 1.29 is 13.0 Å². The first-order chi connectivity index (χ1) is 11.6. The molecule has 0 saturated carbocycles. The molecule has 3 aromatic rings. The van der Waals surface area contributed by atoms with Gasteiger partial charge in [0.2, 0.25) is 0 Å². The van der Waals surface area contributed by atoms with Gasteiger partial charge < -0.3 is 4.57 Å². The van der Waals surface area contributed by atoms with E-state index in [9.17, 15) is 22.6 Å². The van der Waals surface area contributed by atoms with Crippen LogP contribution in [0.15, 0.2) is 45.1 Å². The summed E-state index contributed by atoms with van der Waals surface area (Å²) in [4.78, 5) is 28.6. The highest BCUT2D eigenvalue weighted by atomic mass is 32.2. The number of nitrogens with zero attached hydrogens (tertiary/aromatic N) is 3. The van der Waals surface area contributed by atoms with Gasteiger partial charge >= 0.3 is 0 Å². The Bertz CT molecular complexity index is 1240. The van der Waals surface area contributed by atoms with Crippen molar-refractivity contribution in [1.82, 2.24) is 14.1 Å². The molecule has 130 valence electrons. The van der Waals surface area contributed by atoms with Crippen LogP contribution in [0.25, 0.3) is 22.2 Å². The van der Waals surface area contributed by atoms with E-state index in [2.05, 4.69) is 4.98 Å². The third-order valence-corrected chi connectivity index (χ3v) is 4.91. The Morgan fingerprint density at radius 3 is 2.40 bits per heavy atom. The van der Waals surface area contributed by atoms with Gasteiger partial charge in [-0.1, -0.05) is 17.7 Å². The fourth-order valence-corrected chi connectivity index (χ4v) is 3.40. The lowest BCUT2D eigenvalue weighted by molar-refractivity contribution is 0.483. The number of aryl methyl sites for hydroxylation is 3. The van der Waals surface area contributed by atoms with Crippen molar-refractivity contribution in [2.45, 2.75) is 11.8 Å². The third-order valence-electron chi connectivity index (χ3n) is 4.00. The molecule has 1 N–H and O–H groups in total. The number of fused-ring (bicyclic) bond motifs is 1. The van der Waals surface area contributed by atoms with E-state index in [0.717, 1.165) is 0 Å². The van der Waals surface area contributed by atoms with Crippen molar-refractivity contribution in [2.75, 3.05) is 0 Å². The maximum atomic E-state index is 12.6. The number of benzene rings is 1. The summed E-state index contributed by atoms with van der Waals surface area (Å²) >= 11 is 0. The van der Waals surface area contributed by atoms with Gasteiger partial charge in [-0.15, -0.1) is 0 Å². The molecule has 0 amide bonds. The third kappa shape index (κ3) is 2.77. The quantitative estimate of drug-likeness (QED) is 0.678. The number of rotatable bonds is 2. The predicted octanol–water partition coefficient (Wildman–Crippen LogP) is 0.854. The first-order valence-electron chi connectivity index (χ1n) is 7.25. The summed E-state index contributed by atoms with van der Waals surface area (Å²) in [7, 11) is -1.57. The molecule has 1 aromatic carbocycles. The number of hydrogen-bond acceptors (Lipinski definition) is 5. The van der Waals surface area contributed by atoms with E-state index in [4.69, 9.17) is 0 Å². The number of hydrogen-bond donors (Lipinski definition) is 1. The van der Waals surface area contributed by atoms with Crippen molar-refractivity contribution in [3.05, 3.63) is 56.9 Å². The van der Waals surface area contributed by atoms with Crippen molar-refractivity contribution in [3.63, 3.8) is 0 Å². The minimum absolute atomic E-state index is 0.0790. The van der Waals surface area contributed by atoms with Gasteiger partial charge in [0.1, 0.15) is 10.5 Å². The number of pyridine rings is 1. The van der Waals surface area contributed by atoms with Gasteiger partial charge in [0, 0.05) is 31.3 Å². The second-order valence-corrected chi connectivity index (χ2v) is 7.18. The molecule has 0 atom stereocenters. The second kappa shape index (κ2) is 5.64. The Labute approximate surface area is 142 Å². The Balaban J connectivity index is 2.61. The maximum absolute atomic E-state index is 12.6. The standard InChI is InChI=1S/C16H15N3O5S/c1-9-4-5-12(25(22,23)24)10(6-9)11-7-13(20)19(3)15-14(11)16(21)18(2)8-17-15/h4-8H,1-3H3,(H,22,23,24). The molecule has 0 fully saturated rings. The molecular formula is C16H15N3O5S. The van der Waals surface area contributed by atoms with Crippen LogP contribution in [0.2, 0.25) is 0 Å².